The van der Waals surface area contributed by atoms with Crippen LogP contribution in [-0.2, 0) is 4.84 Å². The molecule has 0 amide bonds. The fourth-order valence-electron chi connectivity index (χ4n) is 0.895. The molecule has 0 aromatic heterocycles. The molecule has 0 saturated carbocycles. The van der Waals surface area contributed by atoms with Crippen LogP contribution in [0.15, 0.2) is 22.7 Å². The van der Waals surface area contributed by atoms with Crippen LogP contribution in [0.3, 0.4) is 0 Å². The normalized spacial score (nSPS) is 9.77. The van der Waals surface area contributed by atoms with Gasteiger partial charge in [-0.15, -0.1) is 0 Å². The molecule has 0 aliphatic rings. The van der Waals surface area contributed by atoms with Gasteiger partial charge in [-0.25, -0.2) is 0 Å². The van der Waals surface area contributed by atoms with Crippen molar-refractivity contribution in [1.29, 1.82) is 5.41 Å². The minimum Gasteiger partial charge on any atom is -0.389 e. The molecule has 0 aliphatic carbocycles. The minimum absolute atomic E-state index is 0.114. The summed E-state index contributed by atoms with van der Waals surface area (Å²) in [5.41, 5.74) is 4.34. The number of nitrogens with one attached hydrogen (secondary N) is 2. The summed E-state index contributed by atoms with van der Waals surface area (Å²) in [6, 6.07) is 5.64. The second-order valence-corrected chi connectivity index (χ2v) is 3.45. The molecule has 70 valence electrons. The maximum atomic E-state index is 7.49. The highest BCUT2D eigenvalue weighted by atomic mass is 79.9. The number of hydroxylamine groups is 1. The predicted molar refractivity (Wildman–Crippen MR) is 55.9 cm³/mol. The van der Waals surface area contributed by atoms with Gasteiger partial charge in [0, 0.05) is 17.1 Å². The molecule has 1 aromatic carbocycles. The number of hydrogen-bond donors (Lipinski definition) is 2. The predicted octanol–water partition coefficient (Wildman–Crippen LogP) is 2.23. The molecule has 1 aromatic rings. The highest BCUT2D eigenvalue weighted by Gasteiger charge is 2.03. The molecule has 0 aliphatic heterocycles. The van der Waals surface area contributed by atoms with Crippen LogP contribution >= 0.6 is 15.9 Å². The Morgan fingerprint density at radius 2 is 2.23 bits per heavy atom. The fourth-order valence-corrected chi connectivity index (χ4v) is 1.27. The van der Waals surface area contributed by atoms with Crippen LogP contribution in [0.5, 0.6) is 0 Å². The van der Waals surface area contributed by atoms with E-state index in [4.69, 9.17) is 10.2 Å². The standard InChI is InChI=1S/C9H11BrN2O/c1-6-3-4-7(5-8(6)10)9(11)13-12-2/h3-5,11-12H,1-2H3. The Morgan fingerprint density at radius 1 is 1.54 bits per heavy atom. The van der Waals surface area contributed by atoms with Gasteiger partial charge in [-0.05, 0) is 24.6 Å². The molecular weight excluding hydrogens is 232 g/mol. The minimum atomic E-state index is 0.114. The molecule has 1 rings (SSSR count). The summed E-state index contributed by atoms with van der Waals surface area (Å²) in [4.78, 5) is 4.84. The maximum Gasteiger partial charge on any atom is 0.237 e. The Hall–Kier alpha value is -0.870. The molecular formula is C9H11BrN2O. The van der Waals surface area contributed by atoms with E-state index in [0.29, 0.717) is 0 Å². The van der Waals surface area contributed by atoms with Gasteiger partial charge in [0.1, 0.15) is 0 Å². The average molecular weight is 243 g/mol. The van der Waals surface area contributed by atoms with E-state index in [0.717, 1.165) is 15.6 Å². The summed E-state index contributed by atoms with van der Waals surface area (Å²) >= 11 is 3.39. The summed E-state index contributed by atoms with van der Waals surface area (Å²) in [5.74, 6) is 0.114. The van der Waals surface area contributed by atoms with Crippen LogP contribution < -0.4 is 5.48 Å². The van der Waals surface area contributed by atoms with E-state index in [9.17, 15) is 0 Å². The molecule has 13 heavy (non-hydrogen) atoms. The van der Waals surface area contributed by atoms with Gasteiger partial charge in [0.25, 0.3) is 0 Å². The molecule has 0 saturated heterocycles. The third-order valence-electron chi connectivity index (χ3n) is 1.64. The van der Waals surface area contributed by atoms with E-state index in [1.807, 2.05) is 25.1 Å². The first-order chi connectivity index (χ1) is 6.15. The lowest BCUT2D eigenvalue weighted by atomic mass is 10.1. The van der Waals surface area contributed by atoms with Gasteiger partial charge < -0.3 is 4.84 Å². The largest absolute Gasteiger partial charge is 0.389 e. The highest BCUT2D eigenvalue weighted by molar-refractivity contribution is 9.10. The zero-order valence-corrected chi connectivity index (χ0v) is 9.10. The number of rotatable bonds is 2. The first-order valence-electron chi connectivity index (χ1n) is 3.84. The lowest BCUT2D eigenvalue weighted by Gasteiger charge is -2.05. The van der Waals surface area contributed by atoms with Crippen molar-refractivity contribution in [3.8, 4) is 0 Å². The van der Waals surface area contributed by atoms with Crippen molar-refractivity contribution in [3.63, 3.8) is 0 Å². The van der Waals surface area contributed by atoms with E-state index in [1.54, 1.807) is 7.05 Å². The van der Waals surface area contributed by atoms with Crippen molar-refractivity contribution >= 4 is 21.8 Å². The van der Waals surface area contributed by atoms with E-state index in [1.165, 1.54) is 0 Å². The summed E-state index contributed by atoms with van der Waals surface area (Å²) in [5, 5.41) is 7.49. The Morgan fingerprint density at radius 3 is 2.77 bits per heavy atom. The van der Waals surface area contributed by atoms with Crippen LogP contribution in [0.1, 0.15) is 11.1 Å². The zero-order chi connectivity index (χ0) is 9.84. The first-order valence-corrected chi connectivity index (χ1v) is 4.63. The summed E-state index contributed by atoms with van der Waals surface area (Å²) in [6.45, 7) is 2.00. The maximum absolute atomic E-state index is 7.49. The van der Waals surface area contributed by atoms with E-state index < -0.39 is 0 Å². The molecule has 0 spiro atoms. The second kappa shape index (κ2) is 4.39. The molecule has 4 heteroatoms. The second-order valence-electron chi connectivity index (χ2n) is 2.60. The molecule has 2 N–H and O–H groups in total. The third kappa shape index (κ3) is 2.54. The van der Waals surface area contributed by atoms with Crippen LogP contribution in [0.4, 0.5) is 0 Å². The molecule has 0 fully saturated rings. The van der Waals surface area contributed by atoms with Gasteiger partial charge in [-0.3, -0.25) is 5.41 Å². The van der Waals surface area contributed by atoms with Gasteiger partial charge in [-0.1, -0.05) is 22.0 Å². The van der Waals surface area contributed by atoms with Gasteiger partial charge in [0.05, 0.1) is 0 Å². The van der Waals surface area contributed by atoms with Crippen molar-refractivity contribution in [1.82, 2.24) is 5.48 Å². The Labute approximate surface area is 85.7 Å². The number of benzene rings is 1. The van der Waals surface area contributed by atoms with Crippen LogP contribution in [0.2, 0.25) is 0 Å². The zero-order valence-electron chi connectivity index (χ0n) is 7.52. The van der Waals surface area contributed by atoms with E-state index in [2.05, 4.69) is 21.4 Å². The molecule has 0 atom stereocenters. The lowest BCUT2D eigenvalue weighted by molar-refractivity contribution is 0.208. The SMILES string of the molecule is CNOC(=N)c1ccc(C)c(Br)c1. The topological polar surface area (TPSA) is 45.1 Å². The molecule has 3 nitrogen and oxygen atoms in total. The molecule has 0 unspecified atom stereocenters. The molecule has 0 bridgehead atoms. The Balaban J connectivity index is 2.90. The van der Waals surface area contributed by atoms with Gasteiger partial charge in [0.15, 0.2) is 0 Å². The van der Waals surface area contributed by atoms with Crippen LogP contribution in [-0.4, -0.2) is 12.9 Å². The summed E-state index contributed by atoms with van der Waals surface area (Å²) in [6.07, 6.45) is 0. The Bertz CT molecular complexity index is 325. The molecule has 0 radical (unpaired) electrons. The molecule has 0 heterocycles. The van der Waals surface area contributed by atoms with Gasteiger partial charge in [0.2, 0.25) is 5.90 Å². The van der Waals surface area contributed by atoms with E-state index >= 15 is 0 Å². The number of hydrogen-bond acceptors (Lipinski definition) is 3. The summed E-state index contributed by atoms with van der Waals surface area (Å²) < 4.78 is 0.981. The van der Waals surface area contributed by atoms with Crippen molar-refractivity contribution < 1.29 is 4.84 Å². The highest BCUT2D eigenvalue weighted by Crippen LogP contribution is 2.17. The average Bonchev–Trinajstić information content (AvgIpc) is 2.10. The van der Waals surface area contributed by atoms with Crippen molar-refractivity contribution in [2.75, 3.05) is 7.05 Å². The van der Waals surface area contributed by atoms with Crippen LogP contribution in [0.25, 0.3) is 0 Å². The van der Waals surface area contributed by atoms with Crippen molar-refractivity contribution in [2.45, 2.75) is 6.92 Å². The van der Waals surface area contributed by atoms with Crippen molar-refractivity contribution in [2.24, 2.45) is 0 Å². The monoisotopic (exact) mass is 242 g/mol. The smallest absolute Gasteiger partial charge is 0.237 e. The van der Waals surface area contributed by atoms with E-state index in [-0.39, 0.29) is 5.90 Å². The fraction of sp³-hybridized carbons (Fsp3) is 0.222. The summed E-state index contributed by atoms with van der Waals surface area (Å²) in [7, 11) is 1.62. The Kier molecular flexibility index (Phi) is 3.45. The quantitative estimate of drug-likeness (QED) is 0.475. The lowest BCUT2D eigenvalue weighted by Crippen LogP contribution is -2.15. The third-order valence-corrected chi connectivity index (χ3v) is 2.49. The van der Waals surface area contributed by atoms with Gasteiger partial charge in [-0.2, -0.15) is 5.48 Å². The number of halogens is 1. The van der Waals surface area contributed by atoms with Crippen LogP contribution in [0, 0.1) is 12.3 Å². The first kappa shape index (κ1) is 10.2. The number of aryl methyl sites for hydroxylation is 1. The van der Waals surface area contributed by atoms with Gasteiger partial charge >= 0.3 is 0 Å². The van der Waals surface area contributed by atoms with Crippen molar-refractivity contribution in [3.05, 3.63) is 33.8 Å².